The van der Waals surface area contributed by atoms with Crippen molar-refractivity contribution in [1.29, 1.82) is 0 Å². The summed E-state index contributed by atoms with van der Waals surface area (Å²) < 4.78 is 5.84. The van der Waals surface area contributed by atoms with Crippen molar-refractivity contribution in [3.63, 3.8) is 0 Å². The summed E-state index contributed by atoms with van der Waals surface area (Å²) in [6, 6.07) is 1.94. The predicted molar refractivity (Wildman–Crippen MR) is 70.2 cm³/mol. The van der Waals surface area contributed by atoms with E-state index in [0.29, 0.717) is 17.8 Å². The highest BCUT2D eigenvalue weighted by atomic mass is 16.5. The normalized spacial score (nSPS) is 28.9. The first kappa shape index (κ1) is 11.9. The topological polar surface area (TPSA) is 61.0 Å². The Labute approximate surface area is 108 Å². The zero-order chi connectivity index (χ0) is 12.5. The van der Waals surface area contributed by atoms with E-state index < -0.39 is 0 Å². The second kappa shape index (κ2) is 4.84. The SMILES string of the molecule is CC1CCC(c2nc(N)cc(C3CCCC3)n2)O1. The van der Waals surface area contributed by atoms with Crippen LogP contribution in [0, 0.1) is 0 Å². The number of rotatable bonds is 2. The Hall–Kier alpha value is -1.16. The number of aromatic nitrogens is 2. The number of nitrogen functional groups attached to an aromatic ring is 1. The Morgan fingerprint density at radius 2 is 1.94 bits per heavy atom. The zero-order valence-corrected chi connectivity index (χ0v) is 10.9. The molecule has 1 aliphatic carbocycles. The van der Waals surface area contributed by atoms with Crippen LogP contribution in [-0.2, 0) is 4.74 Å². The zero-order valence-electron chi connectivity index (χ0n) is 10.9. The fourth-order valence-corrected chi connectivity index (χ4v) is 3.07. The number of nitrogens with two attached hydrogens (primary N) is 1. The van der Waals surface area contributed by atoms with Gasteiger partial charge < -0.3 is 10.5 Å². The smallest absolute Gasteiger partial charge is 0.159 e. The molecule has 2 unspecified atom stereocenters. The van der Waals surface area contributed by atoms with Gasteiger partial charge in [-0.3, -0.25) is 0 Å². The van der Waals surface area contributed by atoms with Gasteiger partial charge in [-0.15, -0.1) is 0 Å². The number of nitrogens with zero attached hydrogens (tertiary/aromatic N) is 2. The Balaban J connectivity index is 1.85. The van der Waals surface area contributed by atoms with E-state index in [1.54, 1.807) is 0 Å². The minimum atomic E-state index is 0.0450. The summed E-state index contributed by atoms with van der Waals surface area (Å²) in [6.45, 7) is 2.10. The van der Waals surface area contributed by atoms with Crippen LogP contribution in [0.3, 0.4) is 0 Å². The van der Waals surface area contributed by atoms with Gasteiger partial charge in [-0.1, -0.05) is 12.8 Å². The van der Waals surface area contributed by atoms with E-state index in [0.717, 1.165) is 24.4 Å². The first-order chi connectivity index (χ1) is 8.72. The van der Waals surface area contributed by atoms with Gasteiger partial charge in [0.1, 0.15) is 11.9 Å². The quantitative estimate of drug-likeness (QED) is 0.872. The Bertz CT molecular complexity index is 429. The standard InChI is InChI=1S/C14H21N3O/c1-9-6-7-12(18-9)14-16-11(8-13(15)17-14)10-4-2-3-5-10/h8-10,12H,2-7H2,1H3,(H2,15,16,17). The third kappa shape index (κ3) is 2.34. The van der Waals surface area contributed by atoms with Crippen LogP contribution in [0.4, 0.5) is 5.82 Å². The minimum Gasteiger partial charge on any atom is -0.384 e. The molecule has 4 nitrogen and oxygen atoms in total. The van der Waals surface area contributed by atoms with E-state index in [-0.39, 0.29) is 6.10 Å². The van der Waals surface area contributed by atoms with Crippen molar-refractivity contribution >= 4 is 5.82 Å². The average molecular weight is 247 g/mol. The molecule has 1 aliphatic heterocycles. The second-order valence-electron chi connectivity index (χ2n) is 5.57. The first-order valence-corrected chi connectivity index (χ1v) is 7.02. The number of hydrogen-bond acceptors (Lipinski definition) is 4. The Kier molecular flexibility index (Phi) is 3.20. The van der Waals surface area contributed by atoms with Gasteiger partial charge in [0.25, 0.3) is 0 Å². The highest BCUT2D eigenvalue weighted by Gasteiger charge is 2.27. The van der Waals surface area contributed by atoms with Crippen LogP contribution in [0.5, 0.6) is 0 Å². The maximum absolute atomic E-state index is 5.92. The number of ether oxygens (including phenoxy) is 1. The molecule has 1 aromatic heterocycles. The number of hydrogen-bond donors (Lipinski definition) is 1. The van der Waals surface area contributed by atoms with Crippen LogP contribution in [0.1, 0.15) is 69.0 Å². The van der Waals surface area contributed by atoms with Crippen LogP contribution in [0.2, 0.25) is 0 Å². The Morgan fingerprint density at radius 3 is 2.61 bits per heavy atom. The number of anilines is 1. The fourth-order valence-electron chi connectivity index (χ4n) is 3.07. The van der Waals surface area contributed by atoms with Crippen molar-refractivity contribution in [3.05, 3.63) is 17.6 Å². The highest BCUT2D eigenvalue weighted by Crippen LogP contribution is 2.36. The lowest BCUT2D eigenvalue weighted by Crippen LogP contribution is -2.10. The molecule has 2 aliphatic rings. The van der Waals surface area contributed by atoms with E-state index in [4.69, 9.17) is 15.5 Å². The van der Waals surface area contributed by atoms with Gasteiger partial charge in [0.15, 0.2) is 5.82 Å². The van der Waals surface area contributed by atoms with Crippen molar-refractivity contribution in [1.82, 2.24) is 9.97 Å². The summed E-state index contributed by atoms with van der Waals surface area (Å²) in [7, 11) is 0. The molecular formula is C14H21N3O. The van der Waals surface area contributed by atoms with Crippen molar-refractivity contribution in [2.45, 2.75) is 63.6 Å². The van der Waals surface area contributed by atoms with Gasteiger partial charge in [0, 0.05) is 17.7 Å². The summed E-state index contributed by atoms with van der Waals surface area (Å²) >= 11 is 0. The maximum Gasteiger partial charge on any atom is 0.159 e. The van der Waals surface area contributed by atoms with Gasteiger partial charge in [0.2, 0.25) is 0 Å². The molecule has 3 rings (SSSR count). The van der Waals surface area contributed by atoms with Crippen LogP contribution in [0.15, 0.2) is 6.07 Å². The average Bonchev–Trinajstić information content (AvgIpc) is 2.98. The highest BCUT2D eigenvalue weighted by molar-refractivity contribution is 5.32. The second-order valence-corrected chi connectivity index (χ2v) is 5.57. The molecule has 0 amide bonds. The molecule has 2 fully saturated rings. The Morgan fingerprint density at radius 1 is 1.17 bits per heavy atom. The van der Waals surface area contributed by atoms with Crippen molar-refractivity contribution in [3.8, 4) is 0 Å². The van der Waals surface area contributed by atoms with Crippen LogP contribution < -0.4 is 5.73 Å². The molecule has 1 aromatic rings. The minimum absolute atomic E-state index is 0.0450. The summed E-state index contributed by atoms with van der Waals surface area (Å²) in [6.07, 6.45) is 7.53. The van der Waals surface area contributed by atoms with Crippen molar-refractivity contribution < 1.29 is 4.74 Å². The largest absolute Gasteiger partial charge is 0.384 e. The molecule has 0 spiro atoms. The van der Waals surface area contributed by atoms with E-state index >= 15 is 0 Å². The fraction of sp³-hybridized carbons (Fsp3) is 0.714. The van der Waals surface area contributed by atoms with Crippen molar-refractivity contribution in [2.75, 3.05) is 5.73 Å². The molecule has 18 heavy (non-hydrogen) atoms. The molecule has 2 N–H and O–H groups in total. The lowest BCUT2D eigenvalue weighted by molar-refractivity contribution is 0.0502. The van der Waals surface area contributed by atoms with Gasteiger partial charge in [-0.2, -0.15) is 0 Å². The van der Waals surface area contributed by atoms with Crippen LogP contribution >= 0.6 is 0 Å². The molecule has 2 heterocycles. The van der Waals surface area contributed by atoms with E-state index in [9.17, 15) is 0 Å². The maximum atomic E-state index is 5.92. The molecule has 4 heteroatoms. The van der Waals surface area contributed by atoms with Gasteiger partial charge in [0.05, 0.1) is 6.10 Å². The molecule has 1 saturated heterocycles. The van der Waals surface area contributed by atoms with Crippen LogP contribution in [-0.4, -0.2) is 16.1 Å². The lowest BCUT2D eigenvalue weighted by Gasteiger charge is -2.14. The molecule has 1 saturated carbocycles. The monoisotopic (exact) mass is 247 g/mol. The molecule has 0 bridgehead atoms. The van der Waals surface area contributed by atoms with E-state index in [1.807, 2.05) is 6.07 Å². The molecular weight excluding hydrogens is 226 g/mol. The summed E-state index contributed by atoms with van der Waals surface area (Å²) in [5.74, 6) is 1.96. The van der Waals surface area contributed by atoms with E-state index in [2.05, 4.69) is 11.9 Å². The molecule has 98 valence electrons. The third-order valence-electron chi connectivity index (χ3n) is 4.08. The van der Waals surface area contributed by atoms with E-state index in [1.165, 1.54) is 25.7 Å². The summed E-state index contributed by atoms with van der Waals surface area (Å²) in [4.78, 5) is 9.08. The van der Waals surface area contributed by atoms with Crippen molar-refractivity contribution in [2.24, 2.45) is 0 Å². The molecule has 0 aromatic carbocycles. The summed E-state index contributed by atoms with van der Waals surface area (Å²) in [5, 5.41) is 0. The first-order valence-electron chi connectivity index (χ1n) is 7.02. The predicted octanol–water partition coefficient (Wildman–Crippen LogP) is 2.96. The van der Waals surface area contributed by atoms with Gasteiger partial charge >= 0.3 is 0 Å². The van der Waals surface area contributed by atoms with Gasteiger partial charge in [-0.25, -0.2) is 9.97 Å². The lowest BCUT2D eigenvalue weighted by atomic mass is 10.0. The van der Waals surface area contributed by atoms with Gasteiger partial charge in [-0.05, 0) is 32.6 Å². The van der Waals surface area contributed by atoms with Crippen LogP contribution in [0.25, 0.3) is 0 Å². The molecule has 2 atom stereocenters. The summed E-state index contributed by atoms with van der Waals surface area (Å²) in [5.41, 5.74) is 7.05. The molecule has 0 radical (unpaired) electrons. The third-order valence-corrected chi connectivity index (χ3v) is 4.08.